The topological polar surface area (TPSA) is 59.4 Å². The second-order valence-corrected chi connectivity index (χ2v) is 4.96. The van der Waals surface area contributed by atoms with E-state index in [-0.39, 0.29) is 11.4 Å². The van der Waals surface area contributed by atoms with Crippen molar-refractivity contribution in [3.05, 3.63) is 22.8 Å². The van der Waals surface area contributed by atoms with E-state index in [4.69, 9.17) is 4.74 Å². The number of carbonyl (C=O) groups is 1. The number of aromatic nitrogens is 1. The second-order valence-electron chi connectivity index (χ2n) is 4.05. The number of pyridine rings is 1. The molecule has 0 fully saturated rings. The van der Waals surface area contributed by atoms with E-state index in [1.807, 2.05) is 25.3 Å². The predicted octanol–water partition coefficient (Wildman–Crippen LogP) is 3.27. The molecule has 2 heterocycles. The van der Waals surface area contributed by atoms with Crippen molar-refractivity contribution in [2.75, 3.05) is 6.61 Å². The summed E-state index contributed by atoms with van der Waals surface area (Å²) in [6.07, 6.45) is 1.77. The molecule has 96 valence electrons. The Morgan fingerprint density at radius 3 is 3.06 bits per heavy atom. The first-order valence-electron chi connectivity index (χ1n) is 5.89. The third-order valence-electron chi connectivity index (χ3n) is 2.70. The van der Waals surface area contributed by atoms with Crippen LogP contribution in [0.25, 0.3) is 10.1 Å². The molecule has 1 N–H and O–H groups in total. The fourth-order valence-electron chi connectivity index (χ4n) is 1.69. The number of unbranched alkanes of at least 4 members (excludes halogenated alkanes) is 1. The van der Waals surface area contributed by atoms with Crippen LogP contribution in [0.5, 0.6) is 5.75 Å². The van der Waals surface area contributed by atoms with Crippen molar-refractivity contribution >= 4 is 27.4 Å². The van der Waals surface area contributed by atoms with Gasteiger partial charge in [0, 0.05) is 11.1 Å². The Balaban J connectivity index is 2.33. The Morgan fingerprint density at radius 1 is 1.56 bits per heavy atom. The number of ether oxygens (including phenoxy) is 1. The van der Waals surface area contributed by atoms with E-state index in [9.17, 15) is 9.90 Å². The van der Waals surface area contributed by atoms with Gasteiger partial charge in [-0.1, -0.05) is 13.3 Å². The molecule has 0 aliphatic carbocycles. The number of thiophene rings is 1. The van der Waals surface area contributed by atoms with Gasteiger partial charge in [-0.2, -0.15) is 0 Å². The van der Waals surface area contributed by atoms with Crippen LogP contribution in [0.4, 0.5) is 0 Å². The lowest BCUT2D eigenvalue weighted by molar-refractivity contribution is 0.0489. The molecule has 0 radical (unpaired) electrons. The van der Waals surface area contributed by atoms with Gasteiger partial charge in [0.15, 0.2) is 11.4 Å². The highest BCUT2D eigenvalue weighted by Crippen LogP contribution is 2.33. The first kappa shape index (κ1) is 12.8. The molecule has 0 aliphatic rings. The van der Waals surface area contributed by atoms with Crippen LogP contribution in [0.15, 0.2) is 11.4 Å². The van der Waals surface area contributed by atoms with Crippen molar-refractivity contribution in [1.82, 2.24) is 4.98 Å². The maximum absolute atomic E-state index is 11.8. The molecule has 2 aromatic heterocycles. The summed E-state index contributed by atoms with van der Waals surface area (Å²) in [7, 11) is 0. The summed E-state index contributed by atoms with van der Waals surface area (Å²) < 4.78 is 5.76. The van der Waals surface area contributed by atoms with Gasteiger partial charge in [0.1, 0.15) is 0 Å². The molecule has 18 heavy (non-hydrogen) atoms. The molecule has 2 rings (SSSR count). The van der Waals surface area contributed by atoms with Crippen LogP contribution in [0.3, 0.4) is 0 Å². The van der Waals surface area contributed by atoms with E-state index >= 15 is 0 Å². The largest absolute Gasteiger partial charge is 0.504 e. The van der Waals surface area contributed by atoms with Gasteiger partial charge in [-0.05, 0) is 24.8 Å². The number of aromatic hydroxyl groups is 1. The predicted molar refractivity (Wildman–Crippen MR) is 71.2 cm³/mol. The Bertz CT molecular complexity index is 577. The molecule has 0 amide bonds. The Hall–Kier alpha value is -1.62. The molecular weight excluding hydrogens is 250 g/mol. The van der Waals surface area contributed by atoms with Crippen LogP contribution >= 0.6 is 11.3 Å². The van der Waals surface area contributed by atoms with Crippen molar-refractivity contribution in [2.45, 2.75) is 26.7 Å². The standard InChI is InChI=1S/C13H15NO3S/c1-3-4-6-17-13(16)10-11(15)12-9(5-7-18-12)8(2)14-10/h5,7,15H,3-4,6H2,1-2H3. The Morgan fingerprint density at radius 2 is 2.33 bits per heavy atom. The lowest BCUT2D eigenvalue weighted by Gasteiger charge is -2.07. The van der Waals surface area contributed by atoms with E-state index in [0.29, 0.717) is 11.3 Å². The summed E-state index contributed by atoms with van der Waals surface area (Å²) in [5.41, 5.74) is 0.741. The lowest BCUT2D eigenvalue weighted by atomic mass is 10.2. The van der Waals surface area contributed by atoms with Crippen molar-refractivity contribution in [3.8, 4) is 5.75 Å². The van der Waals surface area contributed by atoms with Crippen LogP contribution in [-0.4, -0.2) is 22.7 Å². The molecule has 0 unspecified atom stereocenters. The highest BCUT2D eigenvalue weighted by Gasteiger charge is 2.19. The number of carbonyl (C=O) groups excluding carboxylic acids is 1. The normalized spacial score (nSPS) is 10.8. The van der Waals surface area contributed by atoms with Gasteiger partial charge in [-0.25, -0.2) is 9.78 Å². The molecule has 0 saturated heterocycles. The fraction of sp³-hybridized carbons (Fsp3) is 0.385. The van der Waals surface area contributed by atoms with Crippen LogP contribution < -0.4 is 0 Å². The first-order valence-corrected chi connectivity index (χ1v) is 6.77. The number of nitrogens with zero attached hydrogens (tertiary/aromatic N) is 1. The van der Waals surface area contributed by atoms with Gasteiger partial charge < -0.3 is 9.84 Å². The lowest BCUT2D eigenvalue weighted by Crippen LogP contribution is -2.09. The van der Waals surface area contributed by atoms with Crippen molar-refractivity contribution in [1.29, 1.82) is 0 Å². The average Bonchev–Trinajstić information content (AvgIpc) is 2.84. The summed E-state index contributed by atoms with van der Waals surface area (Å²) in [5, 5.41) is 12.8. The Kier molecular flexibility index (Phi) is 3.81. The zero-order valence-corrected chi connectivity index (χ0v) is 11.2. The van der Waals surface area contributed by atoms with Crippen LogP contribution in [-0.2, 0) is 4.74 Å². The number of hydrogen-bond acceptors (Lipinski definition) is 5. The van der Waals surface area contributed by atoms with Gasteiger partial charge in [0.2, 0.25) is 0 Å². The Labute approximate surface area is 109 Å². The molecule has 0 atom stereocenters. The summed E-state index contributed by atoms with van der Waals surface area (Å²) in [4.78, 5) is 16.0. The third-order valence-corrected chi connectivity index (χ3v) is 3.62. The smallest absolute Gasteiger partial charge is 0.360 e. The van der Waals surface area contributed by atoms with E-state index in [0.717, 1.165) is 23.9 Å². The quantitative estimate of drug-likeness (QED) is 0.681. The minimum Gasteiger partial charge on any atom is -0.504 e. The molecule has 0 spiro atoms. The molecule has 0 bridgehead atoms. The zero-order valence-electron chi connectivity index (χ0n) is 10.4. The van der Waals surface area contributed by atoms with Gasteiger partial charge >= 0.3 is 5.97 Å². The molecule has 0 aliphatic heterocycles. The number of fused-ring (bicyclic) bond motifs is 1. The second kappa shape index (κ2) is 5.35. The van der Waals surface area contributed by atoms with Gasteiger partial charge in [-0.15, -0.1) is 11.3 Å². The zero-order chi connectivity index (χ0) is 13.1. The number of esters is 1. The summed E-state index contributed by atoms with van der Waals surface area (Å²) in [5.74, 6) is -0.633. The van der Waals surface area contributed by atoms with Crippen molar-refractivity contribution in [3.63, 3.8) is 0 Å². The average molecular weight is 265 g/mol. The molecule has 0 aromatic carbocycles. The van der Waals surface area contributed by atoms with E-state index < -0.39 is 5.97 Å². The highest BCUT2D eigenvalue weighted by atomic mass is 32.1. The maximum Gasteiger partial charge on any atom is 0.360 e. The van der Waals surface area contributed by atoms with E-state index in [1.54, 1.807) is 0 Å². The highest BCUT2D eigenvalue weighted by molar-refractivity contribution is 7.17. The minimum atomic E-state index is -0.556. The van der Waals surface area contributed by atoms with Crippen LogP contribution in [0.1, 0.15) is 35.9 Å². The number of aryl methyl sites for hydroxylation is 1. The summed E-state index contributed by atoms with van der Waals surface area (Å²) >= 11 is 1.39. The maximum atomic E-state index is 11.8. The number of hydrogen-bond donors (Lipinski definition) is 1. The van der Waals surface area contributed by atoms with Crippen LogP contribution in [0, 0.1) is 6.92 Å². The first-order chi connectivity index (χ1) is 8.65. The van der Waals surface area contributed by atoms with Crippen molar-refractivity contribution in [2.24, 2.45) is 0 Å². The van der Waals surface area contributed by atoms with Gasteiger partial charge in [0.05, 0.1) is 11.3 Å². The van der Waals surface area contributed by atoms with E-state index in [2.05, 4.69) is 4.98 Å². The van der Waals surface area contributed by atoms with Gasteiger partial charge in [-0.3, -0.25) is 0 Å². The SMILES string of the molecule is CCCCOC(=O)c1nc(C)c2ccsc2c1O. The monoisotopic (exact) mass is 265 g/mol. The minimum absolute atomic E-state index is 0.0125. The van der Waals surface area contributed by atoms with E-state index in [1.165, 1.54) is 11.3 Å². The fourth-order valence-corrected chi connectivity index (χ4v) is 2.58. The molecule has 4 nitrogen and oxygen atoms in total. The number of rotatable bonds is 4. The third kappa shape index (κ3) is 2.31. The molecular formula is C13H15NO3S. The van der Waals surface area contributed by atoms with Gasteiger partial charge in [0.25, 0.3) is 0 Å². The molecule has 5 heteroatoms. The summed E-state index contributed by atoms with van der Waals surface area (Å²) in [6, 6.07) is 1.88. The molecule has 2 aromatic rings. The van der Waals surface area contributed by atoms with Crippen molar-refractivity contribution < 1.29 is 14.6 Å². The molecule has 0 saturated carbocycles. The van der Waals surface area contributed by atoms with Crippen LogP contribution in [0.2, 0.25) is 0 Å². The summed E-state index contributed by atoms with van der Waals surface area (Å²) in [6.45, 7) is 4.20.